The number of nitro groups is 1. The van der Waals surface area contributed by atoms with Gasteiger partial charge in [-0.15, -0.1) is 0 Å². The normalized spacial score (nSPS) is 22.8. The smallest absolute Gasteiger partial charge is 0.276 e. The highest BCUT2D eigenvalue weighted by Gasteiger charge is 2.19. The van der Waals surface area contributed by atoms with E-state index in [0.717, 1.165) is 18.8 Å². The molecule has 0 spiro atoms. The minimum Gasteiger partial charge on any atom is -0.373 e. The van der Waals surface area contributed by atoms with Gasteiger partial charge in [0.15, 0.2) is 0 Å². The SMILES string of the molecule is CNc1cc([N+](=O)[O-])cc(NC2CCC(C)CC2)n1. The molecule has 6 heteroatoms. The van der Waals surface area contributed by atoms with Gasteiger partial charge >= 0.3 is 0 Å². The molecule has 0 unspecified atom stereocenters. The van der Waals surface area contributed by atoms with Gasteiger partial charge in [-0.3, -0.25) is 10.1 Å². The largest absolute Gasteiger partial charge is 0.373 e. The molecule has 1 aliphatic rings. The number of nitrogens with zero attached hydrogens (tertiary/aromatic N) is 2. The van der Waals surface area contributed by atoms with E-state index in [9.17, 15) is 10.1 Å². The molecule has 6 nitrogen and oxygen atoms in total. The third kappa shape index (κ3) is 3.56. The fourth-order valence-corrected chi connectivity index (χ4v) is 2.44. The molecule has 1 saturated carbocycles. The molecule has 0 radical (unpaired) electrons. The first-order valence-corrected chi connectivity index (χ1v) is 6.69. The summed E-state index contributed by atoms with van der Waals surface area (Å²) in [6.07, 6.45) is 4.60. The van der Waals surface area contributed by atoms with Crippen LogP contribution >= 0.6 is 0 Å². The van der Waals surface area contributed by atoms with Crippen molar-refractivity contribution in [3.05, 3.63) is 22.2 Å². The number of aromatic nitrogens is 1. The maximum absolute atomic E-state index is 10.9. The molecule has 2 rings (SSSR count). The summed E-state index contributed by atoms with van der Waals surface area (Å²) in [5, 5.41) is 17.0. The average Bonchev–Trinajstić information content (AvgIpc) is 2.41. The molecule has 0 aliphatic heterocycles. The van der Waals surface area contributed by atoms with Crippen molar-refractivity contribution in [1.29, 1.82) is 0 Å². The zero-order valence-corrected chi connectivity index (χ0v) is 11.3. The van der Waals surface area contributed by atoms with E-state index in [1.54, 1.807) is 7.05 Å². The first-order chi connectivity index (χ1) is 9.08. The van der Waals surface area contributed by atoms with Crippen LogP contribution in [-0.2, 0) is 0 Å². The fourth-order valence-electron chi connectivity index (χ4n) is 2.44. The van der Waals surface area contributed by atoms with Gasteiger partial charge in [0.1, 0.15) is 11.6 Å². The van der Waals surface area contributed by atoms with Gasteiger partial charge in [-0.25, -0.2) is 4.98 Å². The molecule has 0 saturated heterocycles. The van der Waals surface area contributed by atoms with Crippen molar-refractivity contribution in [2.45, 2.75) is 38.6 Å². The topological polar surface area (TPSA) is 80.1 Å². The minimum atomic E-state index is -0.392. The summed E-state index contributed by atoms with van der Waals surface area (Å²) in [6.45, 7) is 2.26. The Morgan fingerprint density at radius 3 is 2.47 bits per heavy atom. The second kappa shape index (κ2) is 5.86. The zero-order chi connectivity index (χ0) is 13.8. The summed E-state index contributed by atoms with van der Waals surface area (Å²) in [5.74, 6) is 1.88. The molecule has 1 aromatic rings. The lowest BCUT2D eigenvalue weighted by atomic mass is 9.87. The van der Waals surface area contributed by atoms with Crippen LogP contribution in [0.25, 0.3) is 0 Å². The number of hydrogen-bond donors (Lipinski definition) is 2. The van der Waals surface area contributed by atoms with Crippen LogP contribution in [0, 0.1) is 16.0 Å². The second-order valence-electron chi connectivity index (χ2n) is 5.20. The van der Waals surface area contributed by atoms with Crippen molar-refractivity contribution in [2.75, 3.05) is 17.7 Å². The summed E-state index contributed by atoms with van der Waals surface area (Å²) >= 11 is 0. The van der Waals surface area contributed by atoms with E-state index >= 15 is 0 Å². The number of anilines is 2. The van der Waals surface area contributed by atoms with Gasteiger partial charge in [0.2, 0.25) is 0 Å². The van der Waals surface area contributed by atoms with E-state index in [0.29, 0.717) is 17.7 Å². The molecule has 19 heavy (non-hydrogen) atoms. The van der Waals surface area contributed by atoms with Crippen LogP contribution in [0.5, 0.6) is 0 Å². The van der Waals surface area contributed by atoms with Crippen LogP contribution in [0.4, 0.5) is 17.3 Å². The highest BCUT2D eigenvalue weighted by Crippen LogP contribution is 2.27. The molecule has 1 fully saturated rings. The molecule has 1 aromatic heterocycles. The van der Waals surface area contributed by atoms with Crippen LogP contribution in [0.15, 0.2) is 12.1 Å². The third-order valence-corrected chi connectivity index (χ3v) is 3.64. The maximum atomic E-state index is 10.9. The van der Waals surface area contributed by atoms with Crippen molar-refractivity contribution < 1.29 is 4.92 Å². The van der Waals surface area contributed by atoms with Crippen LogP contribution in [-0.4, -0.2) is 23.0 Å². The van der Waals surface area contributed by atoms with Gasteiger partial charge in [-0.2, -0.15) is 0 Å². The highest BCUT2D eigenvalue weighted by atomic mass is 16.6. The van der Waals surface area contributed by atoms with Crippen LogP contribution < -0.4 is 10.6 Å². The monoisotopic (exact) mass is 264 g/mol. The molecule has 0 aromatic carbocycles. The molecule has 2 N–H and O–H groups in total. The van der Waals surface area contributed by atoms with Crippen molar-refractivity contribution >= 4 is 17.3 Å². The number of hydrogen-bond acceptors (Lipinski definition) is 5. The van der Waals surface area contributed by atoms with E-state index < -0.39 is 4.92 Å². The molecule has 0 atom stereocenters. The molecule has 1 aliphatic carbocycles. The Morgan fingerprint density at radius 2 is 1.89 bits per heavy atom. The Labute approximate surface area is 112 Å². The standard InChI is InChI=1S/C13H20N4O2/c1-9-3-5-10(6-4-9)15-13-8-11(17(18)19)7-12(14-2)16-13/h7-10H,3-6H2,1-2H3,(H2,14,15,16). The van der Waals surface area contributed by atoms with E-state index in [1.165, 1.54) is 25.0 Å². The summed E-state index contributed by atoms with van der Waals surface area (Å²) in [5.41, 5.74) is 0.0611. The Bertz CT molecular complexity index is 456. The van der Waals surface area contributed by atoms with Crippen molar-refractivity contribution in [1.82, 2.24) is 4.98 Å². The van der Waals surface area contributed by atoms with Gasteiger partial charge < -0.3 is 10.6 Å². The summed E-state index contributed by atoms with van der Waals surface area (Å²) in [4.78, 5) is 14.8. The number of rotatable bonds is 4. The predicted octanol–water partition coefficient (Wildman–Crippen LogP) is 3.02. The Balaban J connectivity index is 2.10. The molecule has 0 amide bonds. The fraction of sp³-hybridized carbons (Fsp3) is 0.615. The lowest BCUT2D eigenvalue weighted by Gasteiger charge is -2.27. The quantitative estimate of drug-likeness (QED) is 0.645. The van der Waals surface area contributed by atoms with Gasteiger partial charge in [0.25, 0.3) is 5.69 Å². The maximum Gasteiger partial charge on any atom is 0.276 e. The van der Waals surface area contributed by atoms with E-state index in [4.69, 9.17) is 0 Å². The summed E-state index contributed by atoms with van der Waals surface area (Å²) in [7, 11) is 1.71. The molecule has 0 bridgehead atoms. The second-order valence-corrected chi connectivity index (χ2v) is 5.20. The van der Waals surface area contributed by atoms with Crippen LogP contribution in [0.3, 0.4) is 0 Å². The number of nitrogens with one attached hydrogen (secondary N) is 2. The van der Waals surface area contributed by atoms with Crippen molar-refractivity contribution in [3.8, 4) is 0 Å². The molecular weight excluding hydrogens is 244 g/mol. The Morgan fingerprint density at radius 1 is 1.26 bits per heavy atom. The van der Waals surface area contributed by atoms with E-state index in [1.807, 2.05) is 0 Å². The summed E-state index contributed by atoms with van der Waals surface area (Å²) < 4.78 is 0. The molecule has 104 valence electrons. The average molecular weight is 264 g/mol. The molecular formula is C13H20N4O2. The lowest BCUT2D eigenvalue weighted by Crippen LogP contribution is -2.25. The first kappa shape index (κ1) is 13.6. The van der Waals surface area contributed by atoms with Gasteiger partial charge in [0.05, 0.1) is 17.1 Å². The minimum absolute atomic E-state index is 0.0611. The Kier molecular flexibility index (Phi) is 4.19. The van der Waals surface area contributed by atoms with Gasteiger partial charge in [-0.05, 0) is 31.6 Å². The zero-order valence-electron chi connectivity index (χ0n) is 11.3. The Hall–Kier alpha value is -1.85. The van der Waals surface area contributed by atoms with Gasteiger partial charge in [-0.1, -0.05) is 6.92 Å². The van der Waals surface area contributed by atoms with Crippen LogP contribution in [0.2, 0.25) is 0 Å². The first-order valence-electron chi connectivity index (χ1n) is 6.69. The van der Waals surface area contributed by atoms with Crippen LogP contribution in [0.1, 0.15) is 32.6 Å². The predicted molar refractivity (Wildman–Crippen MR) is 75.5 cm³/mol. The molecule has 1 heterocycles. The van der Waals surface area contributed by atoms with E-state index in [2.05, 4.69) is 22.5 Å². The summed E-state index contributed by atoms with van der Waals surface area (Å²) in [6, 6.07) is 3.31. The van der Waals surface area contributed by atoms with E-state index in [-0.39, 0.29) is 5.69 Å². The lowest BCUT2D eigenvalue weighted by molar-refractivity contribution is -0.384. The highest BCUT2D eigenvalue weighted by molar-refractivity contribution is 5.54. The van der Waals surface area contributed by atoms with Crippen molar-refractivity contribution in [2.24, 2.45) is 5.92 Å². The number of pyridine rings is 1. The van der Waals surface area contributed by atoms with Gasteiger partial charge in [0, 0.05) is 13.1 Å². The third-order valence-electron chi connectivity index (χ3n) is 3.64. The van der Waals surface area contributed by atoms with Crippen molar-refractivity contribution in [3.63, 3.8) is 0 Å².